The number of rotatable bonds is 4. The monoisotopic (exact) mass is 332 g/mol. The Hall–Kier alpha value is -1.62. The third kappa shape index (κ3) is 3.28. The van der Waals surface area contributed by atoms with Crippen molar-refractivity contribution in [2.24, 2.45) is 5.92 Å². The van der Waals surface area contributed by atoms with Gasteiger partial charge in [-0.25, -0.2) is 9.97 Å². The van der Waals surface area contributed by atoms with E-state index >= 15 is 0 Å². The van der Waals surface area contributed by atoms with E-state index in [9.17, 15) is 0 Å². The van der Waals surface area contributed by atoms with Crippen LogP contribution in [-0.4, -0.2) is 29.6 Å². The smallest absolute Gasteiger partial charge is 0.128 e. The molecule has 104 valence electrons. The largest absolute Gasteiger partial charge is 0.370 e. The second kappa shape index (κ2) is 6.22. The van der Waals surface area contributed by atoms with Crippen LogP contribution in [0.25, 0.3) is 0 Å². The minimum atomic E-state index is 0.641. The van der Waals surface area contributed by atoms with Gasteiger partial charge in [-0.15, -0.1) is 0 Å². The van der Waals surface area contributed by atoms with Crippen LogP contribution in [0.1, 0.15) is 6.42 Å². The molecule has 1 aliphatic rings. The zero-order valence-electron chi connectivity index (χ0n) is 11.2. The van der Waals surface area contributed by atoms with Crippen molar-refractivity contribution in [3.63, 3.8) is 0 Å². The van der Waals surface area contributed by atoms with Crippen molar-refractivity contribution in [1.82, 2.24) is 9.97 Å². The van der Waals surface area contributed by atoms with Crippen molar-refractivity contribution in [2.75, 3.05) is 29.9 Å². The molecule has 1 aliphatic heterocycles. The molecular formula is C15H17BrN4. The average Bonchev–Trinajstić information content (AvgIpc) is 2.96. The Morgan fingerprint density at radius 1 is 1.25 bits per heavy atom. The molecule has 1 fully saturated rings. The Morgan fingerprint density at radius 3 is 2.95 bits per heavy atom. The molecule has 3 rings (SSSR count). The normalized spacial score (nSPS) is 18.2. The molecule has 20 heavy (non-hydrogen) atoms. The van der Waals surface area contributed by atoms with Crippen LogP contribution in [0.5, 0.6) is 0 Å². The number of aromatic nitrogens is 2. The number of hydrogen-bond acceptors (Lipinski definition) is 4. The van der Waals surface area contributed by atoms with Gasteiger partial charge in [0.15, 0.2) is 0 Å². The second-order valence-corrected chi connectivity index (χ2v) is 5.95. The van der Waals surface area contributed by atoms with Gasteiger partial charge in [0, 0.05) is 36.5 Å². The Kier molecular flexibility index (Phi) is 4.16. The molecule has 0 spiro atoms. The number of nitrogens with zero attached hydrogens (tertiary/aromatic N) is 3. The summed E-state index contributed by atoms with van der Waals surface area (Å²) in [5, 5.41) is 3.40. The average molecular weight is 333 g/mol. The summed E-state index contributed by atoms with van der Waals surface area (Å²) in [4.78, 5) is 11.1. The maximum Gasteiger partial charge on any atom is 0.128 e. The van der Waals surface area contributed by atoms with Crippen LogP contribution >= 0.6 is 15.9 Å². The molecule has 1 unspecified atom stereocenters. The predicted molar refractivity (Wildman–Crippen MR) is 85.0 cm³/mol. The fourth-order valence-electron chi connectivity index (χ4n) is 2.48. The molecule has 0 aromatic carbocycles. The highest BCUT2D eigenvalue weighted by Gasteiger charge is 2.23. The standard InChI is InChI=1S/C15H17BrN4/c16-13-4-5-15(19-10-13)20-8-6-12(11-20)9-18-14-3-1-2-7-17-14/h1-5,7,10,12H,6,8-9,11H2,(H,17,18). The first-order valence-corrected chi connectivity index (χ1v) is 7.62. The van der Waals surface area contributed by atoms with Crippen molar-refractivity contribution in [2.45, 2.75) is 6.42 Å². The topological polar surface area (TPSA) is 41.0 Å². The molecule has 0 amide bonds. The highest BCUT2D eigenvalue weighted by molar-refractivity contribution is 9.10. The zero-order valence-corrected chi connectivity index (χ0v) is 12.8. The minimum Gasteiger partial charge on any atom is -0.370 e. The van der Waals surface area contributed by atoms with Crippen LogP contribution in [0, 0.1) is 5.92 Å². The van der Waals surface area contributed by atoms with Gasteiger partial charge in [-0.3, -0.25) is 0 Å². The first kappa shape index (κ1) is 13.4. The summed E-state index contributed by atoms with van der Waals surface area (Å²) in [6, 6.07) is 10.0. The van der Waals surface area contributed by atoms with Gasteiger partial charge in [0.25, 0.3) is 0 Å². The molecule has 1 atom stereocenters. The van der Waals surface area contributed by atoms with E-state index in [1.807, 2.05) is 36.7 Å². The number of halogens is 1. The summed E-state index contributed by atoms with van der Waals surface area (Å²) < 4.78 is 1.02. The molecular weight excluding hydrogens is 316 g/mol. The number of anilines is 2. The summed E-state index contributed by atoms with van der Waals surface area (Å²) in [6.07, 6.45) is 4.86. The Bertz CT molecular complexity index is 544. The zero-order chi connectivity index (χ0) is 13.8. The fraction of sp³-hybridized carbons (Fsp3) is 0.333. The highest BCUT2D eigenvalue weighted by atomic mass is 79.9. The molecule has 1 saturated heterocycles. The summed E-state index contributed by atoms with van der Waals surface area (Å²) in [6.45, 7) is 3.09. The third-order valence-corrected chi connectivity index (χ3v) is 4.03. The highest BCUT2D eigenvalue weighted by Crippen LogP contribution is 2.23. The van der Waals surface area contributed by atoms with Crippen LogP contribution in [0.4, 0.5) is 11.6 Å². The summed E-state index contributed by atoms with van der Waals surface area (Å²) in [5.41, 5.74) is 0. The molecule has 2 aromatic rings. The lowest BCUT2D eigenvalue weighted by Gasteiger charge is -2.17. The second-order valence-electron chi connectivity index (χ2n) is 5.03. The van der Waals surface area contributed by atoms with Crippen molar-refractivity contribution in [1.29, 1.82) is 0 Å². The molecule has 2 aromatic heterocycles. The summed E-state index contributed by atoms with van der Waals surface area (Å²) in [7, 11) is 0. The maximum atomic E-state index is 4.46. The van der Waals surface area contributed by atoms with Crippen molar-refractivity contribution in [3.8, 4) is 0 Å². The van der Waals surface area contributed by atoms with Crippen LogP contribution in [0.15, 0.2) is 47.2 Å². The van der Waals surface area contributed by atoms with Crippen LogP contribution < -0.4 is 10.2 Å². The van der Waals surface area contributed by atoms with Gasteiger partial charge in [0.1, 0.15) is 11.6 Å². The van der Waals surface area contributed by atoms with Gasteiger partial charge in [-0.1, -0.05) is 6.07 Å². The van der Waals surface area contributed by atoms with Gasteiger partial charge in [-0.2, -0.15) is 0 Å². The molecule has 0 saturated carbocycles. The van der Waals surface area contributed by atoms with E-state index in [1.54, 1.807) is 0 Å². The Morgan fingerprint density at radius 2 is 2.20 bits per heavy atom. The first-order chi connectivity index (χ1) is 9.81. The van der Waals surface area contributed by atoms with Gasteiger partial charge in [0.2, 0.25) is 0 Å². The van der Waals surface area contributed by atoms with Crippen LogP contribution in [0.2, 0.25) is 0 Å². The quantitative estimate of drug-likeness (QED) is 0.933. The maximum absolute atomic E-state index is 4.46. The van der Waals surface area contributed by atoms with Crippen LogP contribution in [0.3, 0.4) is 0 Å². The molecule has 4 nitrogen and oxygen atoms in total. The van der Waals surface area contributed by atoms with Crippen molar-refractivity contribution >= 4 is 27.6 Å². The van der Waals surface area contributed by atoms with E-state index < -0.39 is 0 Å². The number of hydrogen-bond donors (Lipinski definition) is 1. The van der Waals surface area contributed by atoms with Crippen molar-refractivity contribution in [3.05, 3.63) is 47.2 Å². The molecule has 1 N–H and O–H groups in total. The van der Waals surface area contributed by atoms with Gasteiger partial charge in [-0.05, 0) is 52.5 Å². The number of nitrogens with one attached hydrogen (secondary N) is 1. The van der Waals surface area contributed by atoms with Crippen molar-refractivity contribution < 1.29 is 0 Å². The first-order valence-electron chi connectivity index (χ1n) is 6.82. The molecule has 3 heterocycles. The molecule has 5 heteroatoms. The fourth-order valence-corrected chi connectivity index (χ4v) is 2.71. The van der Waals surface area contributed by atoms with E-state index in [1.165, 1.54) is 6.42 Å². The third-order valence-electron chi connectivity index (χ3n) is 3.56. The van der Waals surface area contributed by atoms with Gasteiger partial charge >= 0.3 is 0 Å². The van der Waals surface area contributed by atoms with Crippen LogP contribution in [-0.2, 0) is 0 Å². The molecule has 0 aliphatic carbocycles. The SMILES string of the molecule is Brc1ccc(N2CCC(CNc3ccccn3)C2)nc1. The molecule has 0 bridgehead atoms. The van der Waals surface area contributed by atoms with E-state index in [0.717, 1.165) is 35.7 Å². The minimum absolute atomic E-state index is 0.641. The number of pyridine rings is 2. The summed E-state index contributed by atoms with van der Waals surface area (Å²) in [5.74, 6) is 2.66. The van der Waals surface area contributed by atoms with E-state index in [-0.39, 0.29) is 0 Å². The van der Waals surface area contributed by atoms with E-state index in [0.29, 0.717) is 5.92 Å². The lowest BCUT2D eigenvalue weighted by atomic mass is 10.1. The van der Waals surface area contributed by atoms with E-state index in [4.69, 9.17) is 0 Å². The lowest BCUT2D eigenvalue weighted by Crippen LogP contribution is -2.23. The van der Waals surface area contributed by atoms with E-state index in [2.05, 4.69) is 42.2 Å². The van der Waals surface area contributed by atoms with Gasteiger partial charge < -0.3 is 10.2 Å². The Balaban J connectivity index is 1.53. The molecule has 0 radical (unpaired) electrons. The van der Waals surface area contributed by atoms with Gasteiger partial charge in [0.05, 0.1) is 0 Å². The predicted octanol–water partition coefficient (Wildman–Crippen LogP) is 3.18. The Labute approximate surface area is 127 Å². The summed E-state index contributed by atoms with van der Waals surface area (Å²) >= 11 is 3.42. The lowest BCUT2D eigenvalue weighted by molar-refractivity contribution is 0.621.